The minimum absolute atomic E-state index is 0.0673. The maximum Gasteiger partial charge on any atom is 0.432 e. The first-order valence-corrected chi connectivity index (χ1v) is 8.37. The van der Waals surface area contributed by atoms with Gasteiger partial charge in [0.05, 0.1) is 18.9 Å². The number of ether oxygens (including phenoxy) is 2. The maximum absolute atomic E-state index is 13.4. The molecule has 0 aromatic rings. The molecule has 3 atom stereocenters. The van der Waals surface area contributed by atoms with Crippen molar-refractivity contribution >= 4 is 22.1 Å². The second-order valence-corrected chi connectivity index (χ2v) is 6.91. The summed E-state index contributed by atoms with van der Waals surface area (Å²) < 4.78 is 103. The van der Waals surface area contributed by atoms with Crippen LogP contribution in [0.4, 0.5) is 22.0 Å². The molecule has 0 aliphatic heterocycles. The van der Waals surface area contributed by atoms with Crippen molar-refractivity contribution < 1.29 is 54.0 Å². The SMILES string of the molecule is COC(=O)C1CCCCC1C(=O)OC(C(F)(F)F)C(F)(F)S(=O)(=O)O. The summed E-state index contributed by atoms with van der Waals surface area (Å²) >= 11 is 0. The van der Waals surface area contributed by atoms with Gasteiger partial charge in [-0.1, -0.05) is 12.8 Å². The van der Waals surface area contributed by atoms with E-state index in [1.165, 1.54) is 0 Å². The molecule has 1 rings (SSSR count). The molecule has 1 aliphatic carbocycles. The highest BCUT2D eigenvalue weighted by Crippen LogP contribution is 2.40. The summed E-state index contributed by atoms with van der Waals surface area (Å²) in [7, 11) is -5.54. The van der Waals surface area contributed by atoms with Gasteiger partial charge in [-0.25, -0.2) is 0 Å². The van der Waals surface area contributed by atoms with Crippen LogP contribution in [0.25, 0.3) is 0 Å². The standard InChI is InChI=1S/C12H15F5O7S/c1-23-8(18)6-4-2-3-5-7(6)9(19)24-10(11(13,14)15)12(16,17)25(20,21)22/h6-7,10H,2-5H2,1H3,(H,20,21,22). The van der Waals surface area contributed by atoms with Gasteiger partial charge in [0.25, 0.3) is 6.10 Å². The van der Waals surface area contributed by atoms with E-state index < -0.39 is 51.4 Å². The Morgan fingerprint density at radius 3 is 1.84 bits per heavy atom. The van der Waals surface area contributed by atoms with E-state index in [0.717, 1.165) is 7.11 Å². The summed E-state index contributed by atoms with van der Waals surface area (Å²) in [6.45, 7) is 0. The molecule has 7 nitrogen and oxygen atoms in total. The van der Waals surface area contributed by atoms with Crippen molar-refractivity contribution in [2.24, 2.45) is 11.8 Å². The summed E-state index contributed by atoms with van der Waals surface area (Å²) in [5, 5.41) is -5.81. The zero-order valence-corrected chi connectivity index (χ0v) is 13.6. The quantitative estimate of drug-likeness (QED) is 0.428. The number of hydrogen-bond donors (Lipinski definition) is 1. The van der Waals surface area contributed by atoms with Crippen LogP contribution in [0.1, 0.15) is 25.7 Å². The van der Waals surface area contributed by atoms with Crippen LogP contribution in [0.3, 0.4) is 0 Å². The average Bonchev–Trinajstić information content (AvgIpc) is 2.49. The molecule has 1 N–H and O–H groups in total. The molecule has 0 amide bonds. The van der Waals surface area contributed by atoms with Crippen LogP contribution in [-0.2, 0) is 29.2 Å². The van der Waals surface area contributed by atoms with Crippen LogP contribution in [0.2, 0.25) is 0 Å². The number of hydrogen-bond acceptors (Lipinski definition) is 6. The fourth-order valence-electron chi connectivity index (χ4n) is 2.51. The lowest BCUT2D eigenvalue weighted by Gasteiger charge is -2.31. The van der Waals surface area contributed by atoms with Gasteiger partial charge in [-0.3, -0.25) is 14.1 Å². The molecule has 146 valence electrons. The van der Waals surface area contributed by atoms with Crippen LogP contribution in [0, 0.1) is 11.8 Å². The third-order valence-corrected chi connectivity index (χ3v) is 4.66. The molecule has 1 saturated carbocycles. The highest BCUT2D eigenvalue weighted by Gasteiger charge is 2.66. The van der Waals surface area contributed by atoms with Crippen LogP contribution >= 0.6 is 0 Å². The molecular weight excluding hydrogens is 383 g/mol. The summed E-state index contributed by atoms with van der Waals surface area (Å²) in [5.41, 5.74) is 0. The van der Waals surface area contributed by atoms with Gasteiger partial charge in [0, 0.05) is 0 Å². The van der Waals surface area contributed by atoms with Crippen molar-refractivity contribution in [2.75, 3.05) is 7.11 Å². The summed E-state index contributed by atoms with van der Waals surface area (Å²) in [6, 6.07) is 0. The summed E-state index contributed by atoms with van der Waals surface area (Å²) in [6.07, 6.45) is -9.68. The zero-order valence-electron chi connectivity index (χ0n) is 12.8. The van der Waals surface area contributed by atoms with Crippen molar-refractivity contribution in [1.29, 1.82) is 0 Å². The van der Waals surface area contributed by atoms with E-state index in [-0.39, 0.29) is 12.8 Å². The van der Waals surface area contributed by atoms with Crippen molar-refractivity contribution in [1.82, 2.24) is 0 Å². The van der Waals surface area contributed by atoms with Crippen molar-refractivity contribution in [3.05, 3.63) is 0 Å². The molecule has 25 heavy (non-hydrogen) atoms. The van der Waals surface area contributed by atoms with Gasteiger partial charge in [0.1, 0.15) is 0 Å². The number of esters is 2. The second kappa shape index (κ2) is 7.40. The Morgan fingerprint density at radius 1 is 1.04 bits per heavy atom. The minimum atomic E-state index is -6.52. The monoisotopic (exact) mass is 398 g/mol. The molecule has 0 saturated heterocycles. The fourth-order valence-corrected chi connectivity index (χ4v) is 2.96. The topological polar surface area (TPSA) is 107 Å². The molecule has 0 aromatic carbocycles. The molecule has 0 heterocycles. The number of carbonyl (C=O) groups is 2. The highest BCUT2D eigenvalue weighted by molar-refractivity contribution is 7.86. The lowest BCUT2D eigenvalue weighted by molar-refractivity contribution is -0.261. The van der Waals surface area contributed by atoms with E-state index in [1.807, 2.05) is 0 Å². The van der Waals surface area contributed by atoms with Gasteiger partial charge in [-0.05, 0) is 12.8 Å². The first-order valence-electron chi connectivity index (χ1n) is 6.93. The first-order chi connectivity index (χ1) is 11.2. The molecular formula is C12H15F5O7S. The number of rotatable bonds is 5. The van der Waals surface area contributed by atoms with Gasteiger partial charge in [-0.2, -0.15) is 30.4 Å². The normalized spacial score (nSPS) is 23.6. The third kappa shape index (κ3) is 4.77. The molecule has 1 fully saturated rings. The number of methoxy groups -OCH3 is 1. The number of halogens is 5. The molecule has 0 spiro atoms. The predicted octanol–water partition coefficient (Wildman–Crippen LogP) is 1.92. The zero-order chi connectivity index (χ0) is 19.6. The molecule has 1 aliphatic rings. The van der Waals surface area contributed by atoms with Gasteiger partial charge < -0.3 is 9.47 Å². The molecule has 3 unspecified atom stereocenters. The van der Waals surface area contributed by atoms with E-state index in [9.17, 15) is 40.0 Å². The van der Waals surface area contributed by atoms with Gasteiger partial charge in [-0.15, -0.1) is 0 Å². The lowest BCUT2D eigenvalue weighted by Crippen LogP contribution is -2.53. The Hall–Kier alpha value is -1.50. The Balaban J connectivity index is 3.12. The van der Waals surface area contributed by atoms with E-state index in [2.05, 4.69) is 9.47 Å². The minimum Gasteiger partial charge on any atom is -0.469 e. The van der Waals surface area contributed by atoms with E-state index in [4.69, 9.17) is 4.55 Å². The average molecular weight is 398 g/mol. The second-order valence-electron chi connectivity index (χ2n) is 5.42. The number of carbonyl (C=O) groups excluding carboxylic acids is 2. The predicted molar refractivity (Wildman–Crippen MR) is 69.9 cm³/mol. The van der Waals surface area contributed by atoms with Crippen molar-refractivity contribution in [3.63, 3.8) is 0 Å². The van der Waals surface area contributed by atoms with Gasteiger partial charge in [0.2, 0.25) is 0 Å². The smallest absolute Gasteiger partial charge is 0.432 e. The highest BCUT2D eigenvalue weighted by atomic mass is 32.2. The molecule has 13 heteroatoms. The Morgan fingerprint density at radius 2 is 1.48 bits per heavy atom. The van der Waals surface area contributed by atoms with E-state index in [1.54, 1.807) is 0 Å². The fraction of sp³-hybridized carbons (Fsp3) is 0.833. The van der Waals surface area contributed by atoms with Crippen molar-refractivity contribution in [3.8, 4) is 0 Å². The van der Waals surface area contributed by atoms with Crippen molar-refractivity contribution in [2.45, 2.75) is 43.2 Å². The van der Waals surface area contributed by atoms with Gasteiger partial charge in [0.15, 0.2) is 0 Å². The Bertz CT molecular complexity index is 616. The largest absolute Gasteiger partial charge is 0.469 e. The summed E-state index contributed by atoms with van der Waals surface area (Å²) in [4.78, 5) is 23.5. The van der Waals surface area contributed by atoms with Crippen LogP contribution < -0.4 is 0 Å². The Kier molecular flexibility index (Phi) is 6.37. The Labute approximate surface area is 139 Å². The van der Waals surface area contributed by atoms with Gasteiger partial charge >= 0.3 is 33.5 Å². The van der Waals surface area contributed by atoms with Crippen LogP contribution in [-0.4, -0.2) is 49.6 Å². The van der Waals surface area contributed by atoms with Crippen LogP contribution in [0.5, 0.6) is 0 Å². The first kappa shape index (κ1) is 21.5. The molecule has 0 aromatic heterocycles. The lowest BCUT2D eigenvalue weighted by atomic mass is 9.79. The molecule has 0 radical (unpaired) electrons. The summed E-state index contributed by atoms with van der Waals surface area (Å²) in [5.74, 6) is -5.43. The number of alkyl halides is 5. The maximum atomic E-state index is 13.4. The third-order valence-electron chi connectivity index (χ3n) is 3.75. The van der Waals surface area contributed by atoms with E-state index in [0.29, 0.717) is 12.8 Å². The van der Waals surface area contributed by atoms with E-state index >= 15 is 0 Å². The van der Waals surface area contributed by atoms with Crippen LogP contribution in [0.15, 0.2) is 0 Å². The molecule has 0 bridgehead atoms.